The lowest BCUT2D eigenvalue weighted by molar-refractivity contribution is -0.119. The Balaban J connectivity index is 1.36. The summed E-state index contributed by atoms with van der Waals surface area (Å²) in [5.41, 5.74) is 1.11. The van der Waals surface area contributed by atoms with E-state index in [0.717, 1.165) is 36.6 Å². The van der Waals surface area contributed by atoms with Gasteiger partial charge in [0.05, 0.1) is 18.4 Å². The number of carbonyl (C=O) groups is 1. The summed E-state index contributed by atoms with van der Waals surface area (Å²) in [6.07, 6.45) is 3.98. The molecule has 2 aromatic rings. The van der Waals surface area contributed by atoms with Crippen LogP contribution in [0, 0.1) is 0 Å². The Morgan fingerprint density at radius 2 is 2.07 bits per heavy atom. The lowest BCUT2D eigenvalue weighted by atomic mass is 9.74. The van der Waals surface area contributed by atoms with Crippen molar-refractivity contribution in [3.8, 4) is 5.75 Å². The molecule has 0 bridgehead atoms. The van der Waals surface area contributed by atoms with E-state index in [1.807, 2.05) is 23.7 Å². The van der Waals surface area contributed by atoms with Crippen molar-refractivity contribution in [3.05, 3.63) is 29.8 Å². The molecule has 156 valence electrons. The number of hydrogen-bond acceptors (Lipinski definition) is 7. The molecule has 1 amide bonds. The van der Waals surface area contributed by atoms with Crippen LogP contribution in [0.4, 0.5) is 0 Å². The Morgan fingerprint density at radius 1 is 1.31 bits per heavy atom. The predicted molar refractivity (Wildman–Crippen MR) is 109 cm³/mol. The lowest BCUT2D eigenvalue weighted by Crippen LogP contribution is -2.45. The number of benzene rings is 1. The maximum absolute atomic E-state index is 12.5. The zero-order chi connectivity index (χ0) is 20.1. The summed E-state index contributed by atoms with van der Waals surface area (Å²) in [4.78, 5) is 12.5. The molecule has 1 aromatic heterocycles. The maximum Gasteiger partial charge on any atom is 0.230 e. The molecule has 0 spiro atoms. The summed E-state index contributed by atoms with van der Waals surface area (Å²) in [7, 11) is 0. The van der Waals surface area contributed by atoms with Crippen LogP contribution in [0.15, 0.2) is 29.4 Å². The van der Waals surface area contributed by atoms with Gasteiger partial charge in [0.15, 0.2) is 0 Å². The zero-order valence-electron chi connectivity index (χ0n) is 16.7. The predicted octanol–water partition coefficient (Wildman–Crippen LogP) is 2.36. The molecular formula is C20H27N5O3S. The van der Waals surface area contributed by atoms with Gasteiger partial charge in [-0.1, -0.05) is 23.9 Å². The number of hydrogen-bond donors (Lipinski definition) is 1. The number of rotatable bonds is 9. The van der Waals surface area contributed by atoms with Gasteiger partial charge < -0.3 is 14.8 Å². The SMILES string of the molecule is CCOc1ccc(C2(CNC(=O)CSc3nnnn3C3CC3)CCOCC2)cc1. The molecule has 0 unspecified atom stereocenters. The number of aromatic nitrogens is 4. The van der Waals surface area contributed by atoms with Gasteiger partial charge in [0.25, 0.3) is 0 Å². The molecule has 1 aliphatic carbocycles. The molecule has 1 aromatic carbocycles. The minimum absolute atomic E-state index is 0.00264. The summed E-state index contributed by atoms with van der Waals surface area (Å²) in [6.45, 7) is 4.62. The number of thioether (sulfide) groups is 1. The van der Waals surface area contributed by atoms with Crippen LogP contribution in [-0.2, 0) is 14.9 Å². The number of tetrazole rings is 1. The molecule has 8 nitrogen and oxygen atoms in total. The van der Waals surface area contributed by atoms with Crippen molar-refractivity contribution in [2.24, 2.45) is 0 Å². The molecule has 0 radical (unpaired) electrons. The van der Waals surface area contributed by atoms with E-state index in [-0.39, 0.29) is 11.3 Å². The summed E-state index contributed by atoms with van der Waals surface area (Å²) >= 11 is 1.39. The van der Waals surface area contributed by atoms with Gasteiger partial charge in [0.2, 0.25) is 11.1 Å². The van der Waals surface area contributed by atoms with Crippen molar-refractivity contribution in [3.63, 3.8) is 0 Å². The Labute approximate surface area is 174 Å². The van der Waals surface area contributed by atoms with Crippen molar-refractivity contribution >= 4 is 17.7 Å². The Hall–Kier alpha value is -2.13. The van der Waals surface area contributed by atoms with Gasteiger partial charge in [0, 0.05) is 25.2 Å². The first kappa shape index (κ1) is 20.2. The van der Waals surface area contributed by atoms with Gasteiger partial charge >= 0.3 is 0 Å². The number of carbonyl (C=O) groups excluding carboxylic acids is 1. The fraction of sp³-hybridized carbons (Fsp3) is 0.600. The lowest BCUT2D eigenvalue weighted by Gasteiger charge is -2.38. The monoisotopic (exact) mass is 417 g/mol. The minimum Gasteiger partial charge on any atom is -0.494 e. The van der Waals surface area contributed by atoms with E-state index in [1.54, 1.807) is 0 Å². The van der Waals surface area contributed by atoms with Crippen LogP contribution in [0.2, 0.25) is 0 Å². The molecule has 1 saturated heterocycles. The van der Waals surface area contributed by atoms with E-state index in [9.17, 15) is 4.79 Å². The third-order valence-electron chi connectivity index (χ3n) is 5.54. The van der Waals surface area contributed by atoms with Crippen molar-refractivity contribution in [1.29, 1.82) is 0 Å². The Morgan fingerprint density at radius 3 is 2.76 bits per heavy atom. The van der Waals surface area contributed by atoms with Crippen molar-refractivity contribution < 1.29 is 14.3 Å². The number of ether oxygens (including phenoxy) is 2. The topological polar surface area (TPSA) is 91.2 Å². The first-order chi connectivity index (χ1) is 14.2. The second-order valence-corrected chi connectivity index (χ2v) is 8.50. The highest BCUT2D eigenvalue weighted by Crippen LogP contribution is 2.37. The summed E-state index contributed by atoms with van der Waals surface area (Å²) < 4.78 is 13.0. The number of amides is 1. The van der Waals surface area contributed by atoms with Crippen LogP contribution < -0.4 is 10.1 Å². The smallest absolute Gasteiger partial charge is 0.230 e. The zero-order valence-corrected chi connectivity index (χ0v) is 17.5. The number of nitrogens with one attached hydrogen (secondary N) is 1. The van der Waals surface area contributed by atoms with Gasteiger partial charge in [-0.2, -0.15) is 0 Å². The van der Waals surface area contributed by atoms with E-state index in [1.165, 1.54) is 17.3 Å². The molecule has 2 fully saturated rings. The average Bonchev–Trinajstić information content (AvgIpc) is 3.50. The second kappa shape index (κ2) is 9.13. The fourth-order valence-corrected chi connectivity index (χ4v) is 4.45. The Kier molecular flexibility index (Phi) is 6.34. The van der Waals surface area contributed by atoms with E-state index < -0.39 is 0 Å². The van der Waals surface area contributed by atoms with E-state index >= 15 is 0 Å². The molecule has 4 rings (SSSR count). The summed E-state index contributed by atoms with van der Waals surface area (Å²) in [5, 5.41) is 15.7. The molecule has 1 saturated carbocycles. The fourth-order valence-electron chi connectivity index (χ4n) is 3.68. The maximum atomic E-state index is 12.5. The molecule has 2 aliphatic rings. The minimum atomic E-state index is -0.112. The molecular weight excluding hydrogens is 390 g/mol. The van der Waals surface area contributed by atoms with Crippen LogP contribution in [-0.4, -0.2) is 58.2 Å². The number of nitrogens with zero attached hydrogens (tertiary/aromatic N) is 4. The molecule has 1 N–H and O–H groups in total. The third kappa shape index (κ3) is 4.90. The molecule has 1 aliphatic heterocycles. The largest absolute Gasteiger partial charge is 0.494 e. The normalized spacial score (nSPS) is 18.4. The van der Waals surface area contributed by atoms with Crippen LogP contribution in [0.25, 0.3) is 0 Å². The third-order valence-corrected chi connectivity index (χ3v) is 6.47. The Bertz CT molecular complexity index is 816. The van der Waals surface area contributed by atoms with Crippen molar-refractivity contribution in [2.45, 2.75) is 49.2 Å². The van der Waals surface area contributed by atoms with E-state index in [2.05, 4.69) is 33.0 Å². The van der Waals surface area contributed by atoms with Gasteiger partial charge in [0.1, 0.15) is 5.75 Å². The van der Waals surface area contributed by atoms with Gasteiger partial charge in [-0.25, -0.2) is 4.68 Å². The van der Waals surface area contributed by atoms with Crippen LogP contribution in [0.3, 0.4) is 0 Å². The van der Waals surface area contributed by atoms with Gasteiger partial charge in [-0.15, -0.1) is 5.10 Å². The van der Waals surface area contributed by atoms with E-state index in [4.69, 9.17) is 9.47 Å². The highest BCUT2D eigenvalue weighted by atomic mass is 32.2. The highest BCUT2D eigenvalue weighted by molar-refractivity contribution is 7.99. The van der Waals surface area contributed by atoms with Crippen LogP contribution >= 0.6 is 11.8 Å². The average molecular weight is 418 g/mol. The molecule has 2 heterocycles. The van der Waals surface area contributed by atoms with Crippen LogP contribution in [0.1, 0.15) is 44.2 Å². The second-order valence-electron chi connectivity index (χ2n) is 7.55. The summed E-state index contributed by atoms with van der Waals surface area (Å²) in [6, 6.07) is 8.64. The van der Waals surface area contributed by atoms with Crippen molar-refractivity contribution in [2.75, 3.05) is 32.1 Å². The van der Waals surface area contributed by atoms with Gasteiger partial charge in [-0.3, -0.25) is 4.79 Å². The standard InChI is InChI=1S/C20H27N5O3S/c1-2-28-17-7-3-15(4-8-17)20(9-11-27-12-10-20)14-21-18(26)13-29-19-22-23-24-25(19)16-5-6-16/h3-4,7-8,16H,2,5-6,9-14H2,1H3,(H,21,26). The van der Waals surface area contributed by atoms with Crippen LogP contribution in [0.5, 0.6) is 5.75 Å². The van der Waals surface area contributed by atoms with Crippen molar-refractivity contribution in [1.82, 2.24) is 25.5 Å². The van der Waals surface area contributed by atoms with Gasteiger partial charge in [-0.05, 0) is 60.7 Å². The molecule has 29 heavy (non-hydrogen) atoms. The van der Waals surface area contributed by atoms with E-state index in [0.29, 0.717) is 38.2 Å². The molecule has 0 atom stereocenters. The first-order valence-electron chi connectivity index (χ1n) is 10.2. The molecule has 9 heteroatoms. The summed E-state index contributed by atoms with van der Waals surface area (Å²) in [5.74, 6) is 1.17. The quantitative estimate of drug-likeness (QED) is 0.626. The highest BCUT2D eigenvalue weighted by Gasteiger charge is 2.35. The first-order valence-corrected chi connectivity index (χ1v) is 11.2.